The van der Waals surface area contributed by atoms with Gasteiger partial charge in [-0.2, -0.15) is 0 Å². The number of fused-ring (bicyclic) bond motifs is 1. The largest absolute Gasteiger partial charge is 0.413 e. The molecule has 4 aliphatic carbocycles. The average molecular weight is 641 g/mol. The monoisotopic (exact) mass is 640 g/mol. The van der Waals surface area contributed by atoms with Crippen LogP contribution in [0.4, 0.5) is 0 Å². The van der Waals surface area contributed by atoms with E-state index in [1.54, 1.807) is 5.57 Å². The van der Waals surface area contributed by atoms with Gasteiger partial charge < -0.3 is 14.0 Å². The molecule has 0 unspecified atom stereocenters. The van der Waals surface area contributed by atoms with Crippen LogP contribution in [0.1, 0.15) is 113 Å². The predicted octanol–water partition coefficient (Wildman–Crippen LogP) is 11.1. The molecule has 4 aliphatic rings. The van der Waals surface area contributed by atoms with Crippen molar-refractivity contribution in [2.75, 3.05) is 0 Å². The second-order valence-corrected chi connectivity index (χ2v) is 27.9. The fraction of sp³-hybridized carbons (Fsp3) is 0.795. The summed E-state index contributed by atoms with van der Waals surface area (Å²) in [5, 5.41) is 10.8. The third kappa shape index (κ3) is 7.86. The predicted molar refractivity (Wildman–Crippen MR) is 194 cm³/mol. The lowest BCUT2D eigenvalue weighted by Crippen LogP contribution is -2.49. The molecule has 0 saturated heterocycles. The molecular formula is C39H68O3Si2. The molecular weight excluding hydrogens is 573 g/mol. The Kier molecular flexibility index (Phi) is 10.7. The number of aliphatic hydroxyl groups is 1. The maximum Gasteiger partial charge on any atom is 0.192 e. The summed E-state index contributed by atoms with van der Waals surface area (Å²) in [6, 6.07) is 0. The zero-order valence-electron chi connectivity index (χ0n) is 30.7. The number of hydrogen-bond donors (Lipinski definition) is 1. The minimum atomic E-state index is -1.98. The standard InChI is InChI=1S/C39H68O3Si2/c1-27(16-23-35(40)30-18-19-30)33-21-22-34-29(15-14-24-39(33,34)9)17-20-31-25-32(41-43(10,11)37(3,4)5)26-36(28(31)2)42-44(12,13)38(6,7)8/h16-17,20,23,27,30,32-36,40H,2,14-15,18-19,21-22,24-26H2,1,3-13H3/b23-16+,29-17+,31-20-/t27-,32+,33-,34+,35-,36-,39-/m1/s1. The minimum Gasteiger partial charge on any atom is -0.413 e. The Bertz CT molecular complexity index is 1130. The molecule has 4 rings (SSSR count). The van der Waals surface area contributed by atoms with Crippen molar-refractivity contribution in [3.63, 3.8) is 0 Å². The van der Waals surface area contributed by atoms with E-state index in [0.29, 0.717) is 29.1 Å². The molecule has 0 aromatic rings. The van der Waals surface area contributed by atoms with E-state index < -0.39 is 16.6 Å². The van der Waals surface area contributed by atoms with Crippen LogP contribution in [0, 0.1) is 29.1 Å². The van der Waals surface area contributed by atoms with Gasteiger partial charge >= 0.3 is 0 Å². The van der Waals surface area contributed by atoms with Gasteiger partial charge in [-0.05, 0) is 128 Å². The van der Waals surface area contributed by atoms with E-state index >= 15 is 0 Å². The van der Waals surface area contributed by atoms with E-state index in [-0.39, 0.29) is 28.4 Å². The maximum atomic E-state index is 10.5. The lowest BCUT2D eigenvalue weighted by molar-refractivity contribution is 0.0969. The SMILES string of the molecule is C=C1/C(=C\C=C2/CCC[C@]3(C)[C@@H]([C@H](C)/C=C/[C@@H](O)C4CC4)CC[C@@H]23)C[C@H](O[Si](C)(C)C(C)(C)C)C[C@H]1O[Si](C)(C)C(C)(C)C. The van der Waals surface area contributed by atoms with Crippen LogP contribution in [-0.2, 0) is 8.85 Å². The van der Waals surface area contributed by atoms with Crippen LogP contribution in [0.3, 0.4) is 0 Å². The van der Waals surface area contributed by atoms with E-state index in [1.807, 2.05) is 0 Å². The van der Waals surface area contributed by atoms with Gasteiger partial charge in [0.15, 0.2) is 16.6 Å². The fourth-order valence-electron chi connectivity index (χ4n) is 7.93. The topological polar surface area (TPSA) is 38.7 Å². The molecule has 0 aromatic carbocycles. The van der Waals surface area contributed by atoms with Gasteiger partial charge in [0.25, 0.3) is 0 Å². The molecule has 1 N–H and O–H groups in total. The molecule has 0 amide bonds. The van der Waals surface area contributed by atoms with E-state index in [4.69, 9.17) is 8.85 Å². The summed E-state index contributed by atoms with van der Waals surface area (Å²) in [7, 11) is -3.90. The Morgan fingerprint density at radius 3 is 2.11 bits per heavy atom. The summed E-state index contributed by atoms with van der Waals surface area (Å²) < 4.78 is 14.2. The summed E-state index contributed by atoms with van der Waals surface area (Å²) in [5.41, 5.74) is 4.49. The van der Waals surface area contributed by atoms with Gasteiger partial charge in [-0.3, -0.25) is 0 Å². The van der Waals surface area contributed by atoms with Gasteiger partial charge in [-0.25, -0.2) is 0 Å². The molecule has 0 spiro atoms. The molecule has 44 heavy (non-hydrogen) atoms. The van der Waals surface area contributed by atoms with Crippen LogP contribution in [0.5, 0.6) is 0 Å². The van der Waals surface area contributed by atoms with Crippen molar-refractivity contribution >= 4 is 16.6 Å². The zero-order chi connectivity index (χ0) is 32.9. The molecule has 7 atom stereocenters. The fourth-order valence-corrected chi connectivity index (χ4v) is 10.6. The van der Waals surface area contributed by atoms with Crippen LogP contribution in [0.2, 0.25) is 36.3 Å². The lowest BCUT2D eigenvalue weighted by atomic mass is 9.61. The molecule has 0 heterocycles. The van der Waals surface area contributed by atoms with Crippen LogP contribution in [0.15, 0.2) is 47.6 Å². The third-order valence-electron chi connectivity index (χ3n) is 13.1. The molecule has 5 heteroatoms. The van der Waals surface area contributed by atoms with Gasteiger partial charge in [0.2, 0.25) is 0 Å². The molecule has 4 fully saturated rings. The normalized spacial score (nSPS) is 34.2. The van der Waals surface area contributed by atoms with Crippen LogP contribution < -0.4 is 0 Å². The molecule has 3 nitrogen and oxygen atoms in total. The Morgan fingerprint density at radius 2 is 1.52 bits per heavy atom. The first kappa shape index (κ1) is 36.1. The van der Waals surface area contributed by atoms with Crippen molar-refractivity contribution in [2.45, 2.75) is 168 Å². The highest BCUT2D eigenvalue weighted by molar-refractivity contribution is 6.74. The molecule has 250 valence electrons. The zero-order valence-corrected chi connectivity index (χ0v) is 32.7. The maximum absolute atomic E-state index is 10.5. The highest BCUT2D eigenvalue weighted by Crippen LogP contribution is 2.59. The average Bonchev–Trinajstić information content (AvgIpc) is 3.68. The van der Waals surface area contributed by atoms with Gasteiger partial charge in [-0.15, -0.1) is 0 Å². The van der Waals surface area contributed by atoms with Crippen LogP contribution >= 0.6 is 0 Å². The number of aliphatic hydroxyl groups excluding tert-OH is 1. The second-order valence-electron chi connectivity index (χ2n) is 18.4. The van der Waals surface area contributed by atoms with E-state index in [2.05, 4.69) is 112 Å². The highest BCUT2D eigenvalue weighted by atomic mass is 28.4. The van der Waals surface area contributed by atoms with Gasteiger partial charge in [0.1, 0.15) is 0 Å². The minimum absolute atomic E-state index is 0.0233. The van der Waals surface area contributed by atoms with Crippen molar-refractivity contribution in [1.29, 1.82) is 0 Å². The van der Waals surface area contributed by atoms with E-state index in [0.717, 1.165) is 12.8 Å². The smallest absolute Gasteiger partial charge is 0.192 e. The quantitative estimate of drug-likeness (QED) is 0.201. The van der Waals surface area contributed by atoms with Crippen molar-refractivity contribution in [3.05, 3.63) is 47.6 Å². The number of allylic oxidation sites excluding steroid dienone is 4. The first-order valence-electron chi connectivity index (χ1n) is 18.0. The summed E-state index contributed by atoms with van der Waals surface area (Å²) in [6.45, 7) is 33.2. The lowest BCUT2D eigenvalue weighted by Gasteiger charge is -2.45. The molecule has 0 radical (unpaired) electrons. The summed E-state index contributed by atoms with van der Waals surface area (Å²) >= 11 is 0. The molecule has 0 aliphatic heterocycles. The van der Waals surface area contributed by atoms with Crippen molar-refractivity contribution in [3.8, 4) is 0 Å². The number of hydrogen-bond acceptors (Lipinski definition) is 3. The summed E-state index contributed by atoms with van der Waals surface area (Å²) in [5.74, 6) is 2.35. The summed E-state index contributed by atoms with van der Waals surface area (Å²) in [6.07, 6.45) is 19.9. The Hall–Kier alpha value is -0.726. The van der Waals surface area contributed by atoms with Gasteiger partial charge in [0, 0.05) is 6.42 Å². The van der Waals surface area contributed by atoms with Crippen molar-refractivity contribution in [1.82, 2.24) is 0 Å². The second kappa shape index (κ2) is 13.1. The van der Waals surface area contributed by atoms with E-state index in [9.17, 15) is 5.11 Å². The molecule has 0 aromatic heterocycles. The highest BCUT2D eigenvalue weighted by Gasteiger charge is 2.50. The number of rotatable bonds is 9. The molecule has 4 saturated carbocycles. The van der Waals surface area contributed by atoms with Crippen molar-refractivity contribution in [2.24, 2.45) is 29.1 Å². The summed E-state index contributed by atoms with van der Waals surface area (Å²) in [4.78, 5) is 0. The first-order valence-corrected chi connectivity index (χ1v) is 23.8. The van der Waals surface area contributed by atoms with Gasteiger partial charge in [-0.1, -0.05) is 91.8 Å². The third-order valence-corrected chi connectivity index (χ3v) is 22.1. The van der Waals surface area contributed by atoms with Crippen molar-refractivity contribution < 1.29 is 14.0 Å². The van der Waals surface area contributed by atoms with Crippen LogP contribution in [-0.4, -0.2) is 40.1 Å². The Balaban J connectivity index is 1.57. The van der Waals surface area contributed by atoms with Gasteiger partial charge in [0.05, 0.1) is 18.3 Å². The Morgan fingerprint density at radius 1 is 0.909 bits per heavy atom. The molecule has 0 bridgehead atoms. The van der Waals surface area contributed by atoms with E-state index in [1.165, 1.54) is 56.1 Å². The first-order chi connectivity index (χ1) is 20.2. The Labute approximate surface area is 274 Å². The van der Waals surface area contributed by atoms with Crippen LogP contribution in [0.25, 0.3) is 0 Å².